The maximum absolute atomic E-state index is 4.61. The van der Waals surface area contributed by atoms with Crippen molar-refractivity contribution in [3.63, 3.8) is 0 Å². The zero-order valence-electron chi connectivity index (χ0n) is 11.7. The molecule has 5 heteroatoms. The molecule has 0 fully saturated rings. The molecule has 19 heavy (non-hydrogen) atoms. The van der Waals surface area contributed by atoms with Crippen molar-refractivity contribution in [1.29, 1.82) is 0 Å². The molecule has 1 N–H and O–H groups in total. The summed E-state index contributed by atoms with van der Waals surface area (Å²) >= 11 is 1.47. The maximum atomic E-state index is 4.61. The number of nitrogens with zero attached hydrogens (tertiary/aromatic N) is 3. The Morgan fingerprint density at radius 1 is 1.32 bits per heavy atom. The topological polar surface area (TPSA) is 41.0 Å². The van der Waals surface area contributed by atoms with Gasteiger partial charge in [0.1, 0.15) is 5.82 Å². The number of aryl methyl sites for hydroxylation is 1. The van der Waals surface area contributed by atoms with Gasteiger partial charge in [-0.3, -0.25) is 0 Å². The van der Waals surface area contributed by atoms with Crippen LogP contribution in [-0.2, 0) is 6.42 Å². The Kier molecular flexibility index (Phi) is 4.87. The summed E-state index contributed by atoms with van der Waals surface area (Å²) in [4.78, 5) is 6.74. The Morgan fingerprint density at radius 2 is 2.11 bits per heavy atom. The first kappa shape index (κ1) is 14.0. The van der Waals surface area contributed by atoms with Gasteiger partial charge in [-0.25, -0.2) is 4.98 Å². The molecule has 0 unspecified atom stereocenters. The predicted octanol–water partition coefficient (Wildman–Crippen LogP) is 2.09. The van der Waals surface area contributed by atoms with E-state index >= 15 is 0 Å². The van der Waals surface area contributed by atoms with E-state index in [9.17, 15) is 0 Å². The third-order valence-corrected chi connectivity index (χ3v) is 3.96. The number of hydrogen-bond acceptors (Lipinski definition) is 5. The van der Waals surface area contributed by atoms with Crippen molar-refractivity contribution < 1.29 is 0 Å². The summed E-state index contributed by atoms with van der Waals surface area (Å²) < 4.78 is 4.45. The van der Waals surface area contributed by atoms with E-state index in [-0.39, 0.29) is 0 Å². The van der Waals surface area contributed by atoms with Crippen LogP contribution in [0.4, 0.5) is 5.13 Å². The Morgan fingerprint density at radius 3 is 2.84 bits per heavy atom. The molecular weight excluding hydrogens is 256 g/mol. The van der Waals surface area contributed by atoms with Crippen molar-refractivity contribution >= 4 is 16.7 Å². The molecule has 0 aliphatic rings. The molecule has 1 heterocycles. The summed E-state index contributed by atoms with van der Waals surface area (Å²) in [5.41, 5.74) is 2.59. The van der Waals surface area contributed by atoms with Gasteiger partial charge in [-0.1, -0.05) is 24.3 Å². The second-order valence-corrected chi connectivity index (χ2v) is 5.35. The van der Waals surface area contributed by atoms with Gasteiger partial charge in [-0.05, 0) is 25.1 Å². The van der Waals surface area contributed by atoms with Crippen molar-refractivity contribution in [3.8, 4) is 0 Å². The van der Waals surface area contributed by atoms with E-state index in [1.807, 2.05) is 7.05 Å². The number of likely N-dealkylation sites (N-methyl/N-ethyl adjacent to an activating group) is 2. The number of benzene rings is 1. The number of aromatic nitrogens is 2. The van der Waals surface area contributed by atoms with E-state index in [0.717, 1.165) is 30.5 Å². The minimum absolute atomic E-state index is 0.809. The van der Waals surface area contributed by atoms with Crippen LogP contribution >= 0.6 is 11.5 Å². The molecule has 0 saturated carbocycles. The van der Waals surface area contributed by atoms with Crippen LogP contribution in [0.5, 0.6) is 0 Å². The predicted molar refractivity (Wildman–Crippen MR) is 81.1 cm³/mol. The van der Waals surface area contributed by atoms with Gasteiger partial charge in [0.15, 0.2) is 0 Å². The van der Waals surface area contributed by atoms with Gasteiger partial charge in [0.2, 0.25) is 5.13 Å². The molecule has 2 aromatic rings. The fourth-order valence-electron chi connectivity index (χ4n) is 1.83. The van der Waals surface area contributed by atoms with Gasteiger partial charge in [-0.2, -0.15) is 4.37 Å². The van der Waals surface area contributed by atoms with Crippen LogP contribution in [0.3, 0.4) is 0 Å². The zero-order chi connectivity index (χ0) is 13.7. The second-order valence-electron chi connectivity index (χ2n) is 4.62. The standard InChI is InChI=1S/C14H20N4S/c1-11-6-4-5-7-12(11)10-13-16-14(19-17-13)18(3)9-8-15-2/h4-7,15H,8-10H2,1-3H3. The average molecular weight is 276 g/mol. The molecule has 0 aliphatic carbocycles. The Balaban J connectivity index is 2.03. The highest BCUT2D eigenvalue weighted by Gasteiger charge is 2.09. The largest absolute Gasteiger partial charge is 0.349 e. The van der Waals surface area contributed by atoms with E-state index in [2.05, 4.69) is 57.8 Å². The van der Waals surface area contributed by atoms with Gasteiger partial charge < -0.3 is 10.2 Å². The number of rotatable bonds is 6. The molecule has 102 valence electrons. The molecule has 2 rings (SSSR count). The lowest BCUT2D eigenvalue weighted by molar-refractivity contribution is 0.765. The van der Waals surface area contributed by atoms with Crippen molar-refractivity contribution in [2.45, 2.75) is 13.3 Å². The molecule has 0 saturated heterocycles. The number of anilines is 1. The summed E-state index contributed by atoms with van der Waals surface area (Å²) in [6.45, 7) is 4.01. The molecule has 0 aliphatic heterocycles. The van der Waals surface area contributed by atoms with E-state index in [1.165, 1.54) is 22.7 Å². The first-order valence-electron chi connectivity index (χ1n) is 6.43. The SMILES string of the molecule is CNCCN(C)c1nc(Cc2ccccc2C)ns1. The van der Waals surface area contributed by atoms with E-state index < -0.39 is 0 Å². The smallest absolute Gasteiger partial charge is 0.204 e. The molecular formula is C14H20N4S. The van der Waals surface area contributed by atoms with Gasteiger partial charge >= 0.3 is 0 Å². The van der Waals surface area contributed by atoms with E-state index in [1.54, 1.807) is 0 Å². The average Bonchev–Trinajstić information content (AvgIpc) is 2.87. The minimum atomic E-state index is 0.809. The summed E-state index contributed by atoms with van der Waals surface area (Å²) in [6, 6.07) is 8.39. The van der Waals surface area contributed by atoms with Crippen LogP contribution in [0.15, 0.2) is 24.3 Å². The van der Waals surface area contributed by atoms with Crippen molar-refractivity contribution in [2.24, 2.45) is 0 Å². The normalized spacial score (nSPS) is 10.7. The fourth-order valence-corrected chi connectivity index (χ4v) is 2.49. The molecule has 0 radical (unpaired) electrons. The van der Waals surface area contributed by atoms with Crippen LogP contribution in [0.25, 0.3) is 0 Å². The Labute approximate surface area is 118 Å². The third-order valence-electron chi connectivity index (χ3n) is 3.09. The highest BCUT2D eigenvalue weighted by Crippen LogP contribution is 2.18. The lowest BCUT2D eigenvalue weighted by atomic mass is 10.1. The van der Waals surface area contributed by atoms with Crippen LogP contribution in [-0.4, -0.2) is 36.5 Å². The minimum Gasteiger partial charge on any atom is -0.349 e. The number of hydrogen-bond donors (Lipinski definition) is 1. The van der Waals surface area contributed by atoms with Crippen molar-refractivity contribution in [3.05, 3.63) is 41.2 Å². The summed E-state index contributed by atoms with van der Waals surface area (Å²) in [6.07, 6.45) is 0.809. The lowest BCUT2D eigenvalue weighted by Crippen LogP contribution is -2.26. The Bertz CT molecular complexity index is 524. The fraction of sp³-hybridized carbons (Fsp3) is 0.429. The molecule has 0 amide bonds. The maximum Gasteiger partial charge on any atom is 0.204 e. The first-order chi connectivity index (χ1) is 9.20. The molecule has 0 atom stereocenters. The van der Waals surface area contributed by atoms with E-state index in [4.69, 9.17) is 0 Å². The van der Waals surface area contributed by atoms with Gasteiger partial charge in [0.05, 0.1) is 0 Å². The first-order valence-corrected chi connectivity index (χ1v) is 7.21. The molecule has 0 spiro atoms. The van der Waals surface area contributed by atoms with Gasteiger partial charge in [-0.15, -0.1) is 0 Å². The molecule has 4 nitrogen and oxygen atoms in total. The zero-order valence-corrected chi connectivity index (χ0v) is 12.5. The highest BCUT2D eigenvalue weighted by molar-refractivity contribution is 7.09. The van der Waals surface area contributed by atoms with Crippen LogP contribution in [0.1, 0.15) is 17.0 Å². The second kappa shape index (κ2) is 6.63. The van der Waals surface area contributed by atoms with Crippen molar-refractivity contribution in [1.82, 2.24) is 14.7 Å². The number of nitrogens with one attached hydrogen (secondary N) is 1. The molecule has 1 aromatic carbocycles. The van der Waals surface area contributed by atoms with Crippen molar-refractivity contribution in [2.75, 3.05) is 32.1 Å². The lowest BCUT2D eigenvalue weighted by Gasteiger charge is -2.13. The summed E-state index contributed by atoms with van der Waals surface area (Å²) in [5, 5.41) is 4.12. The van der Waals surface area contributed by atoms with Gasteiger partial charge in [0.25, 0.3) is 0 Å². The van der Waals surface area contributed by atoms with E-state index in [0.29, 0.717) is 0 Å². The summed E-state index contributed by atoms with van der Waals surface area (Å²) in [7, 11) is 4.01. The van der Waals surface area contributed by atoms with Gasteiger partial charge in [0, 0.05) is 38.1 Å². The quantitative estimate of drug-likeness (QED) is 0.877. The molecule has 0 bridgehead atoms. The van der Waals surface area contributed by atoms with Crippen LogP contribution in [0.2, 0.25) is 0 Å². The van der Waals surface area contributed by atoms with Crippen LogP contribution in [0, 0.1) is 6.92 Å². The summed E-state index contributed by atoms with van der Waals surface area (Å²) in [5.74, 6) is 0.908. The Hall–Kier alpha value is -1.46. The third kappa shape index (κ3) is 3.75. The molecule has 1 aromatic heterocycles. The monoisotopic (exact) mass is 276 g/mol. The highest BCUT2D eigenvalue weighted by atomic mass is 32.1. The van der Waals surface area contributed by atoms with Crippen LogP contribution < -0.4 is 10.2 Å².